The number of guanidine groups is 1. The van der Waals surface area contributed by atoms with Crippen molar-refractivity contribution < 1.29 is 23.7 Å². The van der Waals surface area contributed by atoms with Gasteiger partial charge >= 0.3 is 6.03 Å². The first kappa shape index (κ1) is 25.9. The third kappa shape index (κ3) is 6.56. The topological polar surface area (TPSA) is 108 Å². The van der Waals surface area contributed by atoms with Crippen LogP contribution in [0.15, 0.2) is 96.0 Å². The van der Waals surface area contributed by atoms with Crippen LogP contribution in [-0.2, 0) is 38.8 Å². The van der Waals surface area contributed by atoms with Crippen molar-refractivity contribution in [2.75, 3.05) is 13.3 Å². The molecule has 2 aliphatic rings. The third-order valence-corrected chi connectivity index (χ3v) is 6.45. The standard InChI is InChI=1S/C29H32N4O5/c30-28-31-20-33(29(34)32-28)27-26(37-18-23-14-8-3-9-15-23)25(36-17-22-12-6-2-7-13-22)24(38-27)19-35-16-21-10-4-1-5-11-21/h1-15,24-27H,16-20H2,(H3,30,31,32,34)/t24-,25+,26+,27-/m1/s1. The minimum absolute atomic E-state index is 0.0521. The fourth-order valence-electron chi connectivity index (χ4n) is 4.51. The number of amides is 2. The average molecular weight is 517 g/mol. The van der Waals surface area contributed by atoms with E-state index in [4.69, 9.17) is 24.7 Å². The predicted octanol–water partition coefficient (Wildman–Crippen LogP) is 3.40. The highest BCUT2D eigenvalue weighted by Gasteiger charge is 2.50. The van der Waals surface area contributed by atoms with Gasteiger partial charge in [0.15, 0.2) is 12.2 Å². The summed E-state index contributed by atoms with van der Waals surface area (Å²) in [5.41, 5.74) is 8.80. The molecule has 3 aromatic rings. The SMILES string of the molecule is NC1=NCN([C@@H]2O[C@H](COCc3ccccc3)[C@H](OCc3ccccc3)[C@@H]2OCc2ccccc2)C(=O)N1. The summed E-state index contributed by atoms with van der Waals surface area (Å²) in [6.45, 7) is 1.43. The van der Waals surface area contributed by atoms with Gasteiger partial charge in [0.2, 0.25) is 0 Å². The molecule has 3 N–H and O–H groups in total. The fourth-order valence-corrected chi connectivity index (χ4v) is 4.51. The minimum Gasteiger partial charge on any atom is -0.374 e. The van der Waals surface area contributed by atoms with Crippen LogP contribution in [0.4, 0.5) is 4.79 Å². The van der Waals surface area contributed by atoms with Crippen molar-refractivity contribution in [1.29, 1.82) is 0 Å². The summed E-state index contributed by atoms with van der Waals surface area (Å²) in [7, 11) is 0. The maximum Gasteiger partial charge on any atom is 0.327 e. The largest absolute Gasteiger partial charge is 0.374 e. The van der Waals surface area contributed by atoms with Crippen LogP contribution in [0.2, 0.25) is 0 Å². The van der Waals surface area contributed by atoms with Gasteiger partial charge in [0.1, 0.15) is 25.0 Å². The molecule has 0 unspecified atom stereocenters. The molecular weight excluding hydrogens is 484 g/mol. The third-order valence-electron chi connectivity index (χ3n) is 6.45. The van der Waals surface area contributed by atoms with E-state index in [1.807, 2.05) is 91.0 Å². The van der Waals surface area contributed by atoms with Crippen molar-refractivity contribution in [3.05, 3.63) is 108 Å². The van der Waals surface area contributed by atoms with Gasteiger partial charge in [-0.15, -0.1) is 0 Å². The molecule has 2 heterocycles. The Labute approximate surface area is 222 Å². The second kappa shape index (κ2) is 12.7. The Morgan fingerprint density at radius 2 is 1.34 bits per heavy atom. The Hall–Kier alpha value is -3.76. The van der Waals surface area contributed by atoms with Crippen LogP contribution in [0.1, 0.15) is 16.7 Å². The molecule has 9 heteroatoms. The van der Waals surface area contributed by atoms with E-state index in [2.05, 4.69) is 10.3 Å². The summed E-state index contributed by atoms with van der Waals surface area (Å²) >= 11 is 0. The van der Waals surface area contributed by atoms with Gasteiger partial charge in [0, 0.05) is 0 Å². The number of hydrogen-bond acceptors (Lipinski definition) is 7. The first-order valence-corrected chi connectivity index (χ1v) is 12.6. The van der Waals surface area contributed by atoms with Gasteiger partial charge in [-0.25, -0.2) is 9.79 Å². The summed E-state index contributed by atoms with van der Waals surface area (Å²) in [6, 6.07) is 29.3. The summed E-state index contributed by atoms with van der Waals surface area (Å²) < 4.78 is 25.3. The van der Waals surface area contributed by atoms with E-state index in [9.17, 15) is 4.79 Å². The lowest BCUT2D eigenvalue weighted by molar-refractivity contribution is -0.105. The molecule has 0 radical (unpaired) electrons. The van der Waals surface area contributed by atoms with Crippen molar-refractivity contribution in [2.45, 2.75) is 44.4 Å². The van der Waals surface area contributed by atoms with Gasteiger partial charge in [0.05, 0.1) is 26.4 Å². The Morgan fingerprint density at radius 1 is 0.816 bits per heavy atom. The van der Waals surface area contributed by atoms with E-state index in [0.29, 0.717) is 19.8 Å². The highest BCUT2D eigenvalue weighted by molar-refractivity contribution is 5.96. The number of nitrogens with two attached hydrogens (primary N) is 1. The summed E-state index contributed by atoms with van der Waals surface area (Å²) in [4.78, 5) is 18.5. The van der Waals surface area contributed by atoms with E-state index in [1.54, 1.807) is 0 Å². The number of ether oxygens (including phenoxy) is 4. The van der Waals surface area contributed by atoms with Crippen molar-refractivity contribution in [3.8, 4) is 0 Å². The zero-order chi connectivity index (χ0) is 26.2. The van der Waals surface area contributed by atoms with Crippen LogP contribution < -0.4 is 11.1 Å². The van der Waals surface area contributed by atoms with Crippen LogP contribution in [-0.4, -0.2) is 54.7 Å². The molecule has 1 fully saturated rings. The minimum atomic E-state index is -0.748. The van der Waals surface area contributed by atoms with Gasteiger partial charge < -0.3 is 24.7 Å². The van der Waals surface area contributed by atoms with E-state index in [1.165, 1.54) is 4.90 Å². The molecule has 3 aromatic carbocycles. The normalized spacial score (nSPS) is 23.2. The zero-order valence-corrected chi connectivity index (χ0v) is 21.0. The first-order chi connectivity index (χ1) is 18.7. The summed E-state index contributed by atoms with van der Waals surface area (Å²) in [6.07, 6.45) is -2.33. The molecule has 0 spiro atoms. The van der Waals surface area contributed by atoms with Crippen molar-refractivity contribution >= 4 is 12.0 Å². The summed E-state index contributed by atoms with van der Waals surface area (Å²) in [5.74, 6) is 0.0747. The molecular formula is C29H32N4O5. The molecule has 0 aliphatic carbocycles. The number of carbonyl (C=O) groups excluding carboxylic acids is 1. The van der Waals surface area contributed by atoms with Crippen LogP contribution >= 0.6 is 0 Å². The second-order valence-corrected chi connectivity index (χ2v) is 9.17. The Bertz CT molecular complexity index is 1200. The Morgan fingerprint density at radius 3 is 1.89 bits per heavy atom. The molecule has 198 valence electrons. The number of benzene rings is 3. The van der Waals surface area contributed by atoms with Crippen molar-refractivity contribution in [1.82, 2.24) is 10.2 Å². The molecule has 2 amide bonds. The summed E-state index contributed by atoms with van der Waals surface area (Å²) in [5, 5.41) is 2.56. The molecule has 9 nitrogen and oxygen atoms in total. The molecule has 4 atom stereocenters. The molecule has 38 heavy (non-hydrogen) atoms. The average Bonchev–Trinajstić information content (AvgIpc) is 3.29. The van der Waals surface area contributed by atoms with Crippen LogP contribution in [0.5, 0.6) is 0 Å². The van der Waals surface area contributed by atoms with E-state index < -0.39 is 30.6 Å². The predicted molar refractivity (Wildman–Crippen MR) is 142 cm³/mol. The van der Waals surface area contributed by atoms with Gasteiger partial charge in [-0.3, -0.25) is 10.2 Å². The molecule has 1 saturated heterocycles. The van der Waals surface area contributed by atoms with E-state index >= 15 is 0 Å². The lowest BCUT2D eigenvalue weighted by Crippen LogP contribution is -2.57. The number of carbonyl (C=O) groups is 1. The monoisotopic (exact) mass is 516 g/mol. The second-order valence-electron chi connectivity index (χ2n) is 9.17. The van der Waals surface area contributed by atoms with Crippen LogP contribution in [0.25, 0.3) is 0 Å². The van der Waals surface area contributed by atoms with Crippen LogP contribution in [0, 0.1) is 0 Å². The first-order valence-electron chi connectivity index (χ1n) is 12.6. The van der Waals surface area contributed by atoms with Crippen LogP contribution in [0.3, 0.4) is 0 Å². The van der Waals surface area contributed by atoms with Gasteiger partial charge in [-0.05, 0) is 16.7 Å². The highest BCUT2D eigenvalue weighted by Crippen LogP contribution is 2.31. The quantitative estimate of drug-likeness (QED) is 0.405. The maximum absolute atomic E-state index is 12.8. The van der Waals surface area contributed by atoms with Gasteiger partial charge in [-0.2, -0.15) is 0 Å². The van der Waals surface area contributed by atoms with E-state index in [-0.39, 0.29) is 19.2 Å². The number of nitrogens with zero attached hydrogens (tertiary/aromatic N) is 2. The Kier molecular flexibility index (Phi) is 8.62. The number of hydrogen-bond donors (Lipinski definition) is 2. The lowest BCUT2D eigenvalue weighted by atomic mass is 10.1. The number of urea groups is 1. The molecule has 0 aromatic heterocycles. The number of rotatable bonds is 11. The molecule has 0 bridgehead atoms. The highest BCUT2D eigenvalue weighted by atomic mass is 16.6. The smallest absolute Gasteiger partial charge is 0.327 e. The van der Waals surface area contributed by atoms with Gasteiger partial charge in [0.25, 0.3) is 0 Å². The number of nitrogens with one attached hydrogen (secondary N) is 1. The molecule has 5 rings (SSSR count). The number of aliphatic imine (C=N–C) groups is 1. The van der Waals surface area contributed by atoms with E-state index in [0.717, 1.165) is 16.7 Å². The van der Waals surface area contributed by atoms with Gasteiger partial charge in [-0.1, -0.05) is 91.0 Å². The Balaban J connectivity index is 1.36. The fraction of sp³-hybridized carbons (Fsp3) is 0.310. The van der Waals surface area contributed by atoms with Crippen molar-refractivity contribution in [3.63, 3.8) is 0 Å². The zero-order valence-electron chi connectivity index (χ0n) is 21.0. The maximum atomic E-state index is 12.8. The van der Waals surface area contributed by atoms with Crippen molar-refractivity contribution in [2.24, 2.45) is 10.7 Å². The lowest BCUT2D eigenvalue weighted by Gasteiger charge is -2.33. The molecule has 2 aliphatic heterocycles. The molecule has 0 saturated carbocycles.